The topological polar surface area (TPSA) is 12.4 Å². The van der Waals surface area contributed by atoms with E-state index in [1.807, 2.05) is 6.08 Å². The second-order valence-electron chi connectivity index (χ2n) is 2.71. The molecule has 0 spiro atoms. The zero-order valence-corrected chi connectivity index (χ0v) is 7.14. The predicted molar refractivity (Wildman–Crippen MR) is 50.1 cm³/mol. The van der Waals surface area contributed by atoms with Crippen LogP contribution in [0.5, 0.6) is 0 Å². The first-order chi connectivity index (χ1) is 5.38. The molecule has 0 N–H and O–H groups in total. The second kappa shape index (κ2) is 4.12. The molecule has 0 saturated carbocycles. The molecule has 0 aromatic heterocycles. The van der Waals surface area contributed by atoms with Gasteiger partial charge in [-0.15, -0.1) is 0 Å². The van der Waals surface area contributed by atoms with Gasteiger partial charge in [-0.3, -0.25) is 4.99 Å². The molecule has 1 nitrogen and oxygen atoms in total. The lowest BCUT2D eigenvalue weighted by molar-refractivity contribution is 0.806. The van der Waals surface area contributed by atoms with Crippen LogP contribution in [0, 0.1) is 0 Å². The van der Waals surface area contributed by atoms with Gasteiger partial charge >= 0.3 is 0 Å². The molecule has 0 aliphatic carbocycles. The van der Waals surface area contributed by atoms with Crippen molar-refractivity contribution in [2.24, 2.45) is 4.99 Å². The zero-order chi connectivity index (χ0) is 8.10. The van der Waals surface area contributed by atoms with Crippen molar-refractivity contribution in [2.75, 3.05) is 6.54 Å². The van der Waals surface area contributed by atoms with Gasteiger partial charge in [0, 0.05) is 12.3 Å². The molecule has 1 heteroatoms. The molecule has 0 atom stereocenters. The standard InChI is InChI=1S/C10H15N/c1-3-6-9-7-5-8-11-10(9)4-2/h3,6H,1,4-5,7-8H2,2H3/b9-6-. The monoisotopic (exact) mass is 149 g/mol. The highest BCUT2D eigenvalue weighted by Crippen LogP contribution is 2.15. The fourth-order valence-corrected chi connectivity index (χ4v) is 1.39. The summed E-state index contributed by atoms with van der Waals surface area (Å²) in [5, 5.41) is 0. The lowest BCUT2D eigenvalue weighted by Gasteiger charge is -2.13. The van der Waals surface area contributed by atoms with E-state index in [-0.39, 0.29) is 0 Å². The Hall–Kier alpha value is -0.850. The van der Waals surface area contributed by atoms with Gasteiger partial charge in [0.1, 0.15) is 0 Å². The minimum atomic E-state index is 1.01. The number of rotatable bonds is 2. The third-order valence-corrected chi connectivity index (χ3v) is 1.93. The Balaban J connectivity index is 2.77. The maximum absolute atomic E-state index is 4.45. The van der Waals surface area contributed by atoms with Crippen molar-refractivity contribution in [1.29, 1.82) is 0 Å². The normalized spacial score (nSPS) is 21.5. The molecule has 1 rings (SSSR count). The summed E-state index contributed by atoms with van der Waals surface area (Å²) < 4.78 is 0. The molecule has 1 aliphatic rings. The maximum Gasteiger partial charge on any atom is 0.0395 e. The molecule has 1 heterocycles. The van der Waals surface area contributed by atoms with Crippen LogP contribution in [0.25, 0.3) is 0 Å². The molecule has 0 aromatic rings. The fraction of sp³-hybridized carbons (Fsp3) is 0.500. The van der Waals surface area contributed by atoms with Crippen LogP contribution in [0.1, 0.15) is 26.2 Å². The number of aliphatic imine (C=N–C) groups is 1. The highest BCUT2D eigenvalue weighted by atomic mass is 14.7. The van der Waals surface area contributed by atoms with Crippen LogP contribution in [-0.2, 0) is 0 Å². The first kappa shape index (κ1) is 8.25. The predicted octanol–water partition coefficient (Wildman–Crippen LogP) is 2.74. The Labute approximate surface area is 68.5 Å². The van der Waals surface area contributed by atoms with E-state index < -0.39 is 0 Å². The second-order valence-corrected chi connectivity index (χ2v) is 2.71. The average Bonchev–Trinajstić information content (AvgIpc) is 2.06. The van der Waals surface area contributed by atoms with Gasteiger partial charge in [0.15, 0.2) is 0 Å². The molecule has 0 radical (unpaired) electrons. The molecule has 11 heavy (non-hydrogen) atoms. The van der Waals surface area contributed by atoms with E-state index >= 15 is 0 Å². The summed E-state index contributed by atoms with van der Waals surface area (Å²) in [5.74, 6) is 0. The zero-order valence-electron chi connectivity index (χ0n) is 7.14. The van der Waals surface area contributed by atoms with Gasteiger partial charge < -0.3 is 0 Å². The Bertz CT molecular complexity index is 199. The van der Waals surface area contributed by atoms with Crippen molar-refractivity contribution in [3.8, 4) is 0 Å². The van der Waals surface area contributed by atoms with Gasteiger partial charge in [0.2, 0.25) is 0 Å². The summed E-state index contributed by atoms with van der Waals surface area (Å²) in [6.45, 7) is 6.86. The third kappa shape index (κ3) is 2.04. The van der Waals surface area contributed by atoms with E-state index in [1.54, 1.807) is 0 Å². The van der Waals surface area contributed by atoms with Gasteiger partial charge in [-0.2, -0.15) is 0 Å². The summed E-state index contributed by atoms with van der Waals surface area (Å²) in [6.07, 6.45) is 7.37. The molecule has 0 unspecified atom stereocenters. The largest absolute Gasteiger partial charge is 0.289 e. The van der Waals surface area contributed by atoms with Gasteiger partial charge in [-0.05, 0) is 24.8 Å². The van der Waals surface area contributed by atoms with Crippen molar-refractivity contribution in [3.63, 3.8) is 0 Å². The number of nitrogens with zero attached hydrogens (tertiary/aromatic N) is 1. The van der Waals surface area contributed by atoms with Gasteiger partial charge in [-0.25, -0.2) is 0 Å². The number of allylic oxidation sites excluding steroid dienone is 3. The quantitative estimate of drug-likeness (QED) is 0.572. The van der Waals surface area contributed by atoms with Crippen LogP contribution in [0.2, 0.25) is 0 Å². The molecule has 0 aromatic carbocycles. The summed E-state index contributed by atoms with van der Waals surface area (Å²) in [4.78, 5) is 4.45. The molecule has 60 valence electrons. The molecular formula is C10H15N. The SMILES string of the molecule is C=C/C=C1/CCCN=C1CC. The van der Waals surface area contributed by atoms with Crippen molar-refractivity contribution in [3.05, 3.63) is 24.3 Å². The van der Waals surface area contributed by atoms with E-state index in [2.05, 4.69) is 24.6 Å². The van der Waals surface area contributed by atoms with Crippen LogP contribution in [-0.4, -0.2) is 12.3 Å². The fourth-order valence-electron chi connectivity index (χ4n) is 1.39. The van der Waals surface area contributed by atoms with Gasteiger partial charge in [0.05, 0.1) is 0 Å². The summed E-state index contributed by atoms with van der Waals surface area (Å²) in [7, 11) is 0. The molecule has 0 amide bonds. The summed E-state index contributed by atoms with van der Waals surface area (Å²) in [6, 6.07) is 0. The molecular weight excluding hydrogens is 134 g/mol. The number of hydrogen-bond donors (Lipinski definition) is 0. The molecule has 0 fully saturated rings. The van der Waals surface area contributed by atoms with Crippen molar-refractivity contribution < 1.29 is 0 Å². The van der Waals surface area contributed by atoms with Crippen LogP contribution in [0.15, 0.2) is 29.3 Å². The average molecular weight is 149 g/mol. The Morgan fingerprint density at radius 1 is 1.64 bits per heavy atom. The van der Waals surface area contributed by atoms with Crippen molar-refractivity contribution in [2.45, 2.75) is 26.2 Å². The van der Waals surface area contributed by atoms with E-state index in [4.69, 9.17) is 0 Å². The third-order valence-electron chi connectivity index (χ3n) is 1.93. The molecule has 1 aliphatic heterocycles. The van der Waals surface area contributed by atoms with Crippen LogP contribution in [0.3, 0.4) is 0 Å². The first-order valence-electron chi connectivity index (χ1n) is 4.23. The lowest BCUT2D eigenvalue weighted by atomic mass is 10.00. The first-order valence-corrected chi connectivity index (χ1v) is 4.23. The van der Waals surface area contributed by atoms with E-state index in [1.165, 1.54) is 24.1 Å². The van der Waals surface area contributed by atoms with Gasteiger partial charge in [-0.1, -0.05) is 25.7 Å². The van der Waals surface area contributed by atoms with E-state index in [0.29, 0.717) is 0 Å². The van der Waals surface area contributed by atoms with Crippen molar-refractivity contribution >= 4 is 5.71 Å². The molecule has 0 saturated heterocycles. The molecule has 0 bridgehead atoms. The highest BCUT2D eigenvalue weighted by Gasteiger charge is 2.07. The van der Waals surface area contributed by atoms with Gasteiger partial charge in [0.25, 0.3) is 0 Å². The van der Waals surface area contributed by atoms with Crippen LogP contribution in [0.4, 0.5) is 0 Å². The Morgan fingerprint density at radius 2 is 2.45 bits per heavy atom. The minimum Gasteiger partial charge on any atom is -0.289 e. The van der Waals surface area contributed by atoms with Crippen LogP contribution < -0.4 is 0 Å². The lowest BCUT2D eigenvalue weighted by Crippen LogP contribution is -2.08. The highest BCUT2D eigenvalue weighted by molar-refractivity contribution is 6.00. The summed E-state index contributed by atoms with van der Waals surface area (Å²) in [5.41, 5.74) is 2.66. The smallest absolute Gasteiger partial charge is 0.0395 e. The Morgan fingerprint density at radius 3 is 3.09 bits per heavy atom. The van der Waals surface area contributed by atoms with E-state index in [9.17, 15) is 0 Å². The minimum absolute atomic E-state index is 1.01. The Kier molecular flexibility index (Phi) is 3.09. The van der Waals surface area contributed by atoms with Crippen LogP contribution >= 0.6 is 0 Å². The number of hydrogen-bond acceptors (Lipinski definition) is 1. The maximum atomic E-state index is 4.45. The summed E-state index contributed by atoms with van der Waals surface area (Å²) >= 11 is 0. The van der Waals surface area contributed by atoms with E-state index in [0.717, 1.165) is 13.0 Å². The van der Waals surface area contributed by atoms with Crippen molar-refractivity contribution in [1.82, 2.24) is 0 Å².